The van der Waals surface area contributed by atoms with Gasteiger partial charge in [0.1, 0.15) is 5.82 Å². The molecule has 24 heavy (non-hydrogen) atoms. The third-order valence-corrected chi connectivity index (χ3v) is 5.17. The molecule has 1 atom stereocenters. The minimum Gasteiger partial charge on any atom is -0.309 e. The van der Waals surface area contributed by atoms with Crippen molar-refractivity contribution in [3.05, 3.63) is 70.3 Å². The molecule has 3 rings (SSSR count). The van der Waals surface area contributed by atoms with E-state index in [-0.39, 0.29) is 16.2 Å². The van der Waals surface area contributed by atoms with E-state index in [9.17, 15) is 4.79 Å². The van der Waals surface area contributed by atoms with E-state index in [1.807, 2.05) is 18.2 Å². The number of hydrogen-bond acceptors (Lipinski definition) is 3. The van der Waals surface area contributed by atoms with Crippen molar-refractivity contribution in [2.45, 2.75) is 43.3 Å². The van der Waals surface area contributed by atoms with Gasteiger partial charge in [-0.1, -0.05) is 45.0 Å². The lowest BCUT2D eigenvalue weighted by Crippen LogP contribution is -2.12. The highest BCUT2D eigenvalue weighted by molar-refractivity contribution is 7.99. The number of para-hydroxylation sites is 1. The van der Waals surface area contributed by atoms with Crippen LogP contribution in [0.1, 0.15) is 44.3 Å². The van der Waals surface area contributed by atoms with Crippen molar-refractivity contribution in [3.63, 3.8) is 0 Å². The molecule has 3 aromatic rings. The van der Waals surface area contributed by atoms with Crippen LogP contribution >= 0.6 is 11.8 Å². The Morgan fingerprint density at radius 3 is 2.38 bits per heavy atom. The Balaban J connectivity index is 1.85. The third kappa shape index (κ3) is 3.54. The van der Waals surface area contributed by atoms with Crippen LogP contribution in [0, 0.1) is 0 Å². The second-order valence-corrected chi connectivity index (χ2v) is 8.42. The number of nitrogens with one attached hydrogen (secondary N) is 1. The Morgan fingerprint density at radius 2 is 1.71 bits per heavy atom. The topological polar surface area (TPSA) is 45.8 Å². The summed E-state index contributed by atoms with van der Waals surface area (Å²) in [6.45, 7) is 8.69. The molecule has 2 aromatic carbocycles. The maximum atomic E-state index is 12.2. The highest BCUT2D eigenvalue weighted by atomic mass is 32.2. The summed E-state index contributed by atoms with van der Waals surface area (Å²) in [6.07, 6.45) is 0. The fourth-order valence-electron chi connectivity index (χ4n) is 2.59. The SMILES string of the molecule is C[C@@H](Sc1ccc(C(C)(C)C)cc1)c1nc2ccccc2c(=O)[nH]1. The van der Waals surface area contributed by atoms with Gasteiger partial charge in [-0.15, -0.1) is 11.8 Å². The summed E-state index contributed by atoms with van der Waals surface area (Å²) in [5.74, 6) is 0.712. The van der Waals surface area contributed by atoms with E-state index in [0.29, 0.717) is 11.2 Å². The molecule has 0 saturated heterocycles. The van der Waals surface area contributed by atoms with Gasteiger partial charge in [-0.2, -0.15) is 0 Å². The molecule has 4 heteroatoms. The first-order valence-electron chi connectivity index (χ1n) is 8.11. The van der Waals surface area contributed by atoms with Crippen LogP contribution in [0.2, 0.25) is 0 Å². The Labute approximate surface area is 146 Å². The number of hydrogen-bond donors (Lipinski definition) is 1. The number of nitrogens with zero attached hydrogens (tertiary/aromatic N) is 1. The van der Waals surface area contributed by atoms with E-state index < -0.39 is 0 Å². The van der Waals surface area contributed by atoms with E-state index in [0.717, 1.165) is 5.52 Å². The minimum atomic E-state index is -0.0777. The molecular formula is C20H22N2OS. The summed E-state index contributed by atoms with van der Waals surface area (Å²) >= 11 is 1.70. The van der Waals surface area contributed by atoms with Crippen LogP contribution in [0.4, 0.5) is 0 Å². The number of rotatable bonds is 3. The van der Waals surface area contributed by atoms with E-state index in [1.54, 1.807) is 17.8 Å². The number of aromatic nitrogens is 2. The molecule has 0 amide bonds. The first kappa shape index (κ1) is 16.8. The van der Waals surface area contributed by atoms with Crippen molar-refractivity contribution in [2.75, 3.05) is 0 Å². The maximum absolute atomic E-state index is 12.2. The van der Waals surface area contributed by atoms with Gasteiger partial charge in [0.05, 0.1) is 16.2 Å². The Kier molecular flexibility index (Phi) is 4.50. The molecule has 1 N–H and O–H groups in total. The van der Waals surface area contributed by atoms with Gasteiger partial charge in [-0.3, -0.25) is 4.79 Å². The smallest absolute Gasteiger partial charge is 0.258 e. The van der Waals surface area contributed by atoms with E-state index in [1.165, 1.54) is 10.5 Å². The van der Waals surface area contributed by atoms with Gasteiger partial charge < -0.3 is 4.98 Å². The monoisotopic (exact) mass is 338 g/mol. The Morgan fingerprint density at radius 1 is 1.04 bits per heavy atom. The molecule has 0 aliphatic carbocycles. The van der Waals surface area contributed by atoms with Crippen molar-refractivity contribution in [2.24, 2.45) is 0 Å². The van der Waals surface area contributed by atoms with E-state index in [4.69, 9.17) is 0 Å². The highest BCUT2D eigenvalue weighted by Gasteiger charge is 2.15. The van der Waals surface area contributed by atoms with Crippen molar-refractivity contribution < 1.29 is 0 Å². The van der Waals surface area contributed by atoms with Gasteiger partial charge >= 0.3 is 0 Å². The highest BCUT2D eigenvalue weighted by Crippen LogP contribution is 2.34. The van der Waals surface area contributed by atoms with Crippen LogP contribution in [0.5, 0.6) is 0 Å². The lowest BCUT2D eigenvalue weighted by molar-refractivity contribution is 0.590. The first-order chi connectivity index (χ1) is 11.3. The molecule has 0 saturated carbocycles. The zero-order chi connectivity index (χ0) is 17.3. The molecule has 0 radical (unpaired) electrons. The van der Waals surface area contributed by atoms with Crippen molar-refractivity contribution in [1.82, 2.24) is 9.97 Å². The summed E-state index contributed by atoms with van der Waals surface area (Å²) in [4.78, 5) is 20.9. The van der Waals surface area contributed by atoms with Crippen LogP contribution in [0.3, 0.4) is 0 Å². The molecule has 3 nitrogen and oxygen atoms in total. The number of aromatic amines is 1. The normalized spacial score (nSPS) is 13.2. The summed E-state index contributed by atoms with van der Waals surface area (Å²) in [5, 5.41) is 0.704. The lowest BCUT2D eigenvalue weighted by atomic mass is 9.87. The zero-order valence-electron chi connectivity index (χ0n) is 14.5. The Bertz CT molecular complexity index is 907. The average Bonchev–Trinajstić information content (AvgIpc) is 2.54. The van der Waals surface area contributed by atoms with E-state index >= 15 is 0 Å². The Hall–Kier alpha value is -2.07. The number of fused-ring (bicyclic) bond motifs is 1. The number of benzene rings is 2. The van der Waals surface area contributed by atoms with Crippen LogP contribution < -0.4 is 5.56 Å². The van der Waals surface area contributed by atoms with Crippen LogP contribution in [-0.4, -0.2) is 9.97 Å². The largest absolute Gasteiger partial charge is 0.309 e. The molecule has 1 aromatic heterocycles. The van der Waals surface area contributed by atoms with Gasteiger partial charge in [0.15, 0.2) is 0 Å². The summed E-state index contributed by atoms with van der Waals surface area (Å²) in [7, 11) is 0. The molecule has 0 fully saturated rings. The van der Waals surface area contributed by atoms with Crippen LogP contribution in [-0.2, 0) is 5.41 Å². The van der Waals surface area contributed by atoms with Gasteiger partial charge in [0.2, 0.25) is 0 Å². The van der Waals surface area contributed by atoms with Crippen LogP contribution in [0.15, 0.2) is 58.2 Å². The number of H-pyrrole nitrogens is 1. The standard InChI is InChI=1S/C20H22N2OS/c1-13(24-15-11-9-14(10-12-15)20(2,3)4)18-21-17-8-6-5-7-16(17)19(23)22-18/h5-13H,1-4H3,(H,21,22,23)/t13-/m1/s1. The summed E-state index contributed by atoms with van der Waals surface area (Å²) < 4.78 is 0. The van der Waals surface area contributed by atoms with Gasteiger partial charge in [0.25, 0.3) is 5.56 Å². The first-order valence-corrected chi connectivity index (χ1v) is 8.99. The second kappa shape index (κ2) is 6.44. The summed E-state index contributed by atoms with van der Waals surface area (Å²) in [6, 6.07) is 16.1. The molecule has 0 bridgehead atoms. The van der Waals surface area contributed by atoms with Gasteiger partial charge in [0, 0.05) is 4.90 Å². The average molecular weight is 338 g/mol. The van der Waals surface area contributed by atoms with Crippen molar-refractivity contribution in [3.8, 4) is 0 Å². The predicted molar refractivity (Wildman–Crippen MR) is 102 cm³/mol. The molecule has 124 valence electrons. The quantitative estimate of drug-likeness (QED) is 0.678. The molecule has 0 aliphatic rings. The molecular weight excluding hydrogens is 316 g/mol. The third-order valence-electron chi connectivity index (χ3n) is 4.05. The minimum absolute atomic E-state index is 0.0720. The maximum Gasteiger partial charge on any atom is 0.258 e. The number of thioether (sulfide) groups is 1. The van der Waals surface area contributed by atoms with Crippen molar-refractivity contribution >= 4 is 22.7 Å². The van der Waals surface area contributed by atoms with E-state index in [2.05, 4.69) is 61.9 Å². The van der Waals surface area contributed by atoms with Crippen molar-refractivity contribution in [1.29, 1.82) is 0 Å². The lowest BCUT2D eigenvalue weighted by Gasteiger charge is -2.19. The predicted octanol–water partition coefficient (Wildman–Crippen LogP) is 5.07. The van der Waals surface area contributed by atoms with Crippen LogP contribution in [0.25, 0.3) is 10.9 Å². The van der Waals surface area contributed by atoms with Gasteiger partial charge in [-0.05, 0) is 42.2 Å². The molecule has 1 heterocycles. The summed E-state index contributed by atoms with van der Waals surface area (Å²) in [5.41, 5.74) is 2.13. The second-order valence-electron chi connectivity index (χ2n) is 7.00. The fourth-order valence-corrected chi connectivity index (χ4v) is 3.52. The molecule has 0 aliphatic heterocycles. The molecule has 0 unspecified atom stereocenters. The fraction of sp³-hybridized carbons (Fsp3) is 0.300. The van der Waals surface area contributed by atoms with Gasteiger partial charge in [-0.25, -0.2) is 4.98 Å². The zero-order valence-corrected chi connectivity index (χ0v) is 15.3. The molecule has 0 spiro atoms.